The summed E-state index contributed by atoms with van der Waals surface area (Å²) >= 11 is 0. The fourth-order valence-corrected chi connectivity index (χ4v) is 4.39. The maximum Gasteiger partial charge on any atom is 0.416 e. The number of aromatic nitrogens is 2. The Kier molecular flexibility index (Phi) is 5.94. The lowest BCUT2D eigenvalue weighted by molar-refractivity contribution is -0.137. The van der Waals surface area contributed by atoms with Crippen LogP contribution < -0.4 is 9.86 Å². The molecule has 10 heteroatoms. The highest BCUT2D eigenvalue weighted by atomic mass is 32.2. The second kappa shape index (κ2) is 8.60. The van der Waals surface area contributed by atoms with Crippen molar-refractivity contribution in [3.8, 4) is 16.9 Å². The van der Waals surface area contributed by atoms with Crippen molar-refractivity contribution >= 4 is 26.5 Å². The molecule has 1 heterocycles. The molecule has 0 bridgehead atoms. The minimum absolute atomic E-state index is 0.0757. The zero-order valence-corrected chi connectivity index (χ0v) is 19.1. The van der Waals surface area contributed by atoms with Crippen molar-refractivity contribution < 1.29 is 21.6 Å². The standard InChI is InChI=1S/C24H20F3N3O3S/c1-3-34(32,33)29(2)19-8-6-7-16(15-19)22-20-9-4-5-10-21(20)23(31)30(28-22)18-13-11-17(12-14-18)24(25,26)27/h4-15H,3H2,1-2H3. The van der Waals surface area contributed by atoms with Gasteiger partial charge in [-0.1, -0.05) is 30.3 Å². The van der Waals surface area contributed by atoms with E-state index >= 15 is 0 Å². The number of alkyl halides is 3. The second-order valence-corrected chi connectivity index (χ2v) is 9.86. The molecule has 0 fully saturated rings. The summed E-state index contributed by atoms with van der Waals surface area (Å²) in [6, 6.07) is 17.6. The van der Waals surface area contributed by atoms with E-state index in [0.29, 0.717) is 27.7 Å². The van der Waals surface area contributed by atoms with Crippen LogP contribution in [0.3, 0.4) is 0 Å². The molecule has 0 radical (unpaired) electrons. The maximum absolute atomic E-state index is 13.1. The van der Waals surface area contributed by atoms with Crippen molar-refractivity contribution in [2.75, 3.05) is 17.1 Å². The van der Waals surface area contributed by atoms with E-state index in [1.807, 2.05) is 0 Å². The number of hydrogen-bond donors (Lipinski definition) is 0. The first kappa shape index (κ1) is 23.5. The summed E-state index contributed by atoms with van der Waals surface area (Å²) in [5.41, 5.74) is 0.204. The number of anilines is 1. The Bertz CT molecular complexity index is 1530. The SMILES string of the molecule is CCS(=O)(=O)N(C)c1cccc(-c2nn(-c3ccc(C(F)(F)F)cc3)c(=O)c3ccccc23)c1. The van der Waals surface area contributed by atoms with Gasteiger partial charge in [0, 0.05) is 18.0 Å². The smallest absolute Gasteiger partial charge is 0.273 e. The molecular weight excluding hydrogens is 467 g/mol. The summed E-state index contributed by atoms with van der Waals surface area (Å²) in [6.07, 6.45) is -4.50. The lowest BCUT2D eigenvalue weighted by Crippen LogP contribution is -2.28. The molecule has 0 spiro atoms. The number of rotatable bonds is 5. The van der Waals surface area contributed by atoms with Crippen LogP contribution in [0.25, 0.3) is 27.7 Å². The topological polar surface area (TPSA) is 72.3 Å². The van der Waals surface area contributed by atoms with Crippen molar-refractivity contribution in [1.82, 2.24) is 9.78 Å². The van der Waals surface area contributed by atoms with Crippen LogP contribution in [-0.2, 0) is 16.2 Å². The van der Waals surface area contributed by atoms with Gasteiger partial charge in [0.05, 0.1) is 33.8 Å². The third-order valence-corrected chi connectivity index (χ3v) is 7.28. The van der Waals surface area contributed by atoms with Crippen molar-refractivity contribution in [1.29, 1.82) is 0 Å². The summed E-state index contributed by atoms with van der Waals surface area (Å²) in [4.78, 5) is 13.1. The van der Waals surface area contributed by atoms with Crippen LogP contribution in [0.5, 0.6) is 0 Å². The highest BCUT2D eigenvalue weighted by molar-refractivity contribution is 7.92. The van der Waals surface area contributed by atoms with Gasteiger partial charge in [-0.25, -0.2) is 8.42 Å². The van der Waals surface area contributed by atoms with E-state index in [1.54, 1.807) is 55.5 Å². The minimum Gasteiger partial charge on any atom is -0.273 e. The molecule has 34 heavy (non-hydrogen) atoms. The van der Waals surface area contributed by atoms with Crippen LogP contribution in [0.15, 0.2) is 77.6 Å². The Morgan fingerprint density at radius 2 is 1.59 bits per heavy atom. The van der Waals surface area contributed by atoms with Crippen LogP contribution in [0, 0.1) is 0 Å². The zero-order valence-electron chi connectivity index (χ0n) is 18.2. The van der Waals surface area contributed by atoms with Crippen LogP contribution in [-0.4, -0.2) is 31.0 Å². The number of halogens is 3. The Hall–Kier alpha value is -3.66. The Morgan fingerprint density at radius 3 is 2.21 bits per heavy atom. The monoisotopic (exact) mass is 487 g/mol. The van der Waals surface area contributed by atoms with E-state index in [2.05, 4.69) is 5.10 Å². The average Bonchev–Trinajstić information content (AvgIpc) is 2.83. The van der Waals surface area contributed by atoms with Crippen molar-refractivity contribution in [2.45, 2.75) is 13.1 Å². The van der Waals surface area contributed by atoms with E-state index < -0.39 is 27.3 Å². The van der Waals surface area contributed by atoms with Crippen molar-refractivity contribution in [2.24, 2.45) is 0 Å². The van der Waals surface area contributed by atoms with Gasteiger partial charge in [-0.15, -0.1) is 0 Å². The molecule has 3 aromatic carbocycles. The normalized spacial score (nSPS) is 12.1. The highest BCUT2D eigenvalue weighted by Gasteiger charge is 2.30. The Balaban J connectivity index is 1.92. The molecule has 176 valence electrons. The van der Waals surface area contributed by atoms with Gasteiger partial charge in [0.25, 0.3) is 5.56 Å². The Labute approximate surface area is 193 Å². The Morgan fingerprint density at radius 1 is 0.941 bits per heavy atom. The molecule has 0 N–H and O–H groups in total. The van der Waals surface area contributed by atoms with Crippen LogP contribution in [0.1, 0.15) is 12.5 Å². The predicted octanol–water partition coefficient (Wildman–Crippen LogP) is 4.86. The van der Waals surface area contributed by atoms with E-state index in [9.17, 15) is 26.4 Å². The first-order valence-electron chi connectivity index (χ1n) is 10.3. The van der Waals surface area contributed by atoms with Crippen molar-refractivity contribution in [3.63, 3.8) is 0 Å². The third-order valence-electron chi connectivity index (χ3n) is 5.51. The lowest BCUT2D eigenvalue weighted by Gasteiger charge is -2.19. The summed E-state index contributed by atoms with van der Waals surface area (Å²) in [5.74, 6) is -0.0757. The number of benzene rings is 3. The molecule has 6 nitrogen and oxygen atoms in total. The molecule has 4 rings (SSSR count). The fourth-order valence-electron chi connectivity index (χ4n) is 3.57. The maximum atomic E-state index is 13.1. The highest BCUT2D eigenvalue weighted by Crippen LogP contribution is 2.31. The number of nitrogens with zero attached hydrogens (tertiary/aromatic N) is 3. The third kappa shape index (κ3) is 4.28. The van der Waals surface area contributed by atoms with Crippen LogP contribution >= 0.6 is 0 Å². The number of hydrogen-bond acceptors (Lipinski definition) is 4. The second-order valence-electron chi connectivity index (χ2n) is 7.57. The van der Waals surface area contributed by atoms with Gasteiger partial charge in [0.15, 0.2) is 0 Å². The van der Waals surface area contributed by atoms with Gasteiger partial charge in [0.2, 0.25) is 10.0 Å². The van der Waals surface area contributed by atoms with E-state index in [-0.39, 0.29) is 11.4 Å². The fraction of sp³-hybridized carbons (Fsp3) is 0.167. The summed E-state index contributed by atoms with van der Waals surface area (Å²) in [7, 11) is -2.05. The summed E-state index contributed by atoms with van der Waals surface area (Å²) in [6.45, 7) is 1.55. The molecule has 0 saturated heterocycles. The summed E-state index contributed by atoms with van der Waals surface area (Å²) < 4.78 is 65.8. The zero-order chi connectivity index (χ0) is 24.7. The first-order chi connectivity index (χ1) is 16.0. The van der Waals surface area contributed by atoms with Gasteiger partial charge < -0.3 is 0 Å². The van der Waals surface area contributed by atoms with Gasteiger partial charge in [-0.05, 0) is 49.4 Å². The quantitative estimate of drug-likeness (QED) is 0.403. The minimum atomic E-state index is -4.50. The molecule has 0 unspecified atom stereocenters. The molecule has 4 aromatic rings. The van der Waals surface area contributed by atoms with E-state index in [0.717, 1.165) is 16.8 Å². The predicted molar refractivity (Wildman–Crippen MR) is 126 cm³/mol. The van der Waals surface area contributed by atoms with Gasteiger partial charge in [0.1, 0.15) is 0 Å². The van der Waals surface area contributed by atoms with Gasteiger partial charge in [-0.3, -0.25) is 9.10 Å². The number of sulfonamides is 1. The largest absolute Gasteiger partial charge is 0.416 e. The first-order valence-corrected chi connectivity index (χ1v) is 11.9. The summed E-state index contributed by atoms with van der Waals surface area (Å²) in [5, 5.41) is 5.33. The lowest BCUT2D eigenvalue weighted by atomic mass is 10.0. The van der Waals surface area contributed by atoms with Crippen molar-refractivity contribution in [3.05, 3.63) is 88.7 Å². The van der Waals surface area contributed by atoms with Gasteiger partial charge in [-0.2, -0.15) is 23.0 Å². The molecule has 0 aliphatic heterocycles. The number of fused-ring (bicyclic) bond motifs is 1. The molecule has 0 atom stereocenters. The average molecular weight is 488 g/mol. The molecule has 1 aromatic heterocycles. The molecule has 0 saturated carbocycles. The van der Waals surface area contributed by atoms with E-state index in [1.165, 1.54) is 23.5 Å². The molecule has 0 aliphatic carbocycles. The molecule has 0 aliphatic rings. The molecule has 0 amide bonds. The van der Waals surface area contributed by atoms with Gasteiger partial charge >= 0.3 is 6.18 Å². The van der Waals surface area contributed by atoms with Crippen LogP contribution in [0.2, 0.25) is 0 Å². The molecular formula is C24H20F3N3O3S. The van der Waals surface area contributed by atoms with Crippen LogP contribution in [0.4, 0.5) is 18.9 Å². The van der Waals surface area contributed by atoms with E-state index in [4.69, 9.17) is 0 Å².